The van der Waals surface area contributed by atoms with Crippen molar-refractivity contribution in [3.63, 3.8) is 0 Å². The lowest BCUT2D eigenvalue weighted by molar-refractivity contribution is 0.0628. The van der Waals surface area contributed by atoms with Crippen molar-refractivity contribution in [3.8, 4) is 6.07 Å². The summed E-state index contributed by atoms with van der Waals surface area (Å²) < 4.78 is 7.61. The van der Waals surface area contributed by atoms with Crippen molar-refractivity contribution in [1.82, 2.24) is 9.57 Å². The molecule has 0 saturated carbocycles. The average Bonchev–Trinajstić information content (AvgIpc) is 2.83. The summed E-state index contributed by atoms with van der Waals surface area (Å²) in [6, 6.07) is 8.93. The number of nitrogens with zero attached hydrogens (tertiary/aromatic N) is 3. The van der Waals surface area contributed by atoms with Gasteiger partial charge in [0.25, 0.3) is 20.3 Å². The molecule has 146 valence electrons. The standard InChI is InChI=1S/C19H26N3O4P/c1-13(2)22(14(3)4)27(25)26-15(9-11-20)10-12-21-18(23)16-7-5-6-8-17(16)19(21)24/h5-8,13-15,25H,9-10,12H2,1-4H3. The minimum Gasteiger partial charge on any atom is -0.338 e. The first-order valence-electron chi connectivity index (χ1n) is 9.04. The molecule has 0 aromatic heterocycles. The van der Waals surface area contributed by atoms with Gasteiger partial charge in [-0.25, -0.2) is 4.67 Å². The van der Waals surface area contributed by atoms with Crippen molar-refractivity contribution < 1.29 is 19.0 Å². The smallest absolute Gasteiger partial charge is 0.261 e. The van der Waals surface area contributed by atoms with Crippen LogP contribution in [0.2, 0.25) is 0 Å². The zero-order valence-electron chi connectivity index (χ0n) is 16.1. The molecule has 7 nitrogen and oxygen atoms in total. The molecule has 1 aromatic carbocycles. The number of carbonyl (C=O) groups is 2. The first-order valence-corrected chi connectivity index (χ1v) is 10.2. The second kappa shape index (κ2) is 9.38. The summed E-state index contributed by atoms with van der Waals surface area (Å²) in [6.45, 7) is 8.01. The Labute approximate surface area is 161 Å². The lowest BCUT2D eigenvalue weighted by Crippen LogP contribution is -2.35. The van der Waals surface area contributed by atoms with E-state index in [-0.39, 0.29) is 36.9 Å². The molecule has 2 unspecified atom stereocenters. The summed E-state index contributed by atoms with van der Waals surface area (Å²) in [5.74, 6) is -0.660. The van der Waals surface area contributed by atoms with Crippen LogP contribution in [0.15, 0.2) is 24.3 Å². The number of benzene rings is 1. The molecule has 2 amide bonds. The molecule has 1 N–H and O–H groups in total. The summed E-state index contributed by atoms with van der Waals surface area (Å²) >= 11 is 0. The first kappa shape index (κ1) is 21.5. The van der Waals surface area contributed by atoms with Crippen molar-refractivity contribution in [2.45, 2.75) is 58.7 Å². The van der Waals surface area contributed by atoms with E-state index in [4.69, 9.17) is 9.79 Å². The van der Waals surface area contributed by atoms with Crippen LogP contribution in [0.4, 0.5) is 0 Å². The van der Waals surface area contributed by atoms with Crippen molar-refractivity contribution in [3.05, 3.63) is 35.4 Å². The zero-order chi connectivity index (χ0) is 20.1. The normalized spacial score (nSPS) is 16.2. The third-order valence-corrected chi connectivity index (χ3v) is 6.18. The monoisotopic (exact) mass is 391 g/mol. The van der Waals surface area contributed by atoms with Crippen LogP contribution in [0, 0.1) is 11.3 Å². The molecule has 0 fully saturated rings. The molecular formula is C19H26N3O4P. The summed E-state index contributed by atoms with van der Waals surface area (Å²) in [6.07, 6.45) is -0.190. The van der Waals surface area contributed by atoms with Crippen molar-refractivity contribution >= 4 is 20.3 Å². The number of rotatable bonds is 9. The Morgan fingerprint density at radius 3 is 2.11 bits per heavy atom. The van der Waals surface area contributed by atoms with Gasteiger partial charge in [-0.2, -0.15) is 5.26 Å². The second-order valence-corrected chi connectivity index (χ2v) is 8.18. The van der Waals surface area contributed by atoms with Crippen LogP contribution in [-0.4, -0.2) is 51.0 Å². The maximum atomic E-state index is 12.4. The van der Waals surface area contributed by atoms with Crippen LogP contribution < -0.4 is 0 Å². The molecule has 2 atom stereocenters. The zero-order valence-corrected chi connectivity index (χ0v) is 17.0. The number of amides is 2. The van der Waals surface area contributed by atoms with Crippen LogP contribution in [0.5, 0.6) is 0 Å². The SMILES string of the molecule is CC(C)N(C(C)C)P(O)OC(CC#N)CCN1C(=O)c2ccccc2C1=O. The number of carbonyl (C=O) groups excluding carboxylic acids is 2. The lowest BCUT2D eigenvalue weighted by atomic mass is 10.1. The van der Waals surface area contributed by atoms with Crippen molar-refractivity contribution in [2.75, 3.05) is 6.54 Å². The Morgan fingerprint density at radius 1 is 1.15 bits per heavy atom. The molecule has 27 heavy (non-hydrogen) atoms. The van der Waals surface area contributed by atoms with Gasteiger partial charge in [-0.3, -0.25) is 14.5 Å². The Kier molecular flexibility index (Phi) is 7.46. The van der Waals surface area contributed by atoms with Gasteiger partial charge in [0.1, 0.15) is 0 Å². The Balaban J connectivity index is 2.02. The summed E-state index contributed by atoms with van der Waals surface area (Å²) in [5.41, 5.74) is 0.797. The van der Waals surface area contributed by atoms with Gasteiger partial charge in [0.15, 0.2) is 0 Å². The van der Waals surface area contributed by atoms with Crippen LogP contribution >= 0.6 is 8.53 Å². The molecule has 1 aliphatic rings. The van der Waals surface area contributed by atoms with Gasteiger partial charge < -0.3 is 9.42 Å². The highest BCUT2D eigenvalue weighted by atomic mass is 31.2. The molecule has 2 rings (SSSR count). The molecule has 1 aromatic rings. The first-order chi connectivity index (χ1) is 12.8. The summed E-state index contributed by atoms with van der Waals surface area (Å²) in [5, 5.41) is 9.08. The van der Waals surface area contributed by atoms with E-state index < -0.39 is 14.6 Å². The van der Waals surface area contributed by atoms with E-state index in [0.717, 1.165) is 0 Å². The van der Waals surface area contributed by atoms with Crippen LogP contribution in [0.25, 0.3) is 0 Å². The second-order valence-electron chi connectivity index (χ2n) is 7.01. The Bertz CT molecular complexity index is 689. The van der Waals surface area contributed by atoms with E-state index in [1.54, 1.807) is 24.3 Å². The molecule has 8 heteroatoms. The topological polar surface area (TPSA) is 93.9 Å². The number of nitriles is 1. The number of hydrogen-bond donors (Lipinski definition) is 1. The Morgan fingerprint density at radius 2 is 1.67 bits per heavy atom. The van der Waals surface area contributed by atoms with Crippen molar-refractivity contribution in [2.24, 2.45) is 0 Å². The molecule has 1 heterocycles. The van der Waals surface area contributed by atoms with Gasteiger partial charge in [0, 0.05) is 18.6 Å². The fourth-order valence-electron chi connectivity index (χ4n) is 3.19. The highest BCUT2D eigenvalue weighted by Crippen LogP contribution is 2.42. The van der Waals surface area contributed by atoms with E-state index in [2.05, 4.69) is 6.07 Å². The fraction of sp³-hybridized carbons (Fsp3) is 0.526. The third kappa shape index (κ3) is 4.91. The molecular weight excluding hydrogens is 365 g/mol. The quantitative estimate of drug-likeness (QED) is 0.513. The number of hydrogen-bond acceptors (Lipinski definition) is 6. The summed E-state index contributed by atoms with van der Waals surface area (Å²) in [7, 11) is -1.87. The van der Waals surface area contributed by atoms with Gasteiger partial charge in [-0.1, -0.05) is 12.1 Å². The van der Waals surface area contributed by atoms with E-state index in [1.165, 1.54) is 4.90 Å². The van der Waals surface area contributed by atoms with Gasteiger partial charge in [0.05, 0.1) is 29.7 Å². The predicted molar refractivity (Wildman–Crippen MR) is 103 cm³/mol. The molecule has 0 radical (unpaired) electrons. The molecule has 0 aliphatic carbocycles. The largest absolute Gasteiger partial charge is 0.338 e. The molecule has 0 spiro atoms. The minimum atomic E-state index is -1.87. The van der Waals surface area contributed by atoms with E-state index in [0.29, 0.717) is 17.5 Å². The Hall–Kier alpha value is -1.84. The van der Waals surface area contributed by atoms with Gasteiger partial charge in [-0.05, 0) is 46.2 Å². The van der Waals surface area contributed by atoms with Gasteiger partial charge in [0.2, 0.25) is 0 Å². The highest BCUT2D eigenvalue weighted by Gasteiger charge is 2.35. The molecule has 0 bridgehead atoms. The minimum absolute atomic E-state index is 0.0760. The van der Waals surface area contributed by atoms with E-state index in [1.807, 2.05) is 32.4 Å². The average molecular weight is 391 g/mol. The van der Waals surface area contributed by atoms with E-state index in [9.17, 15) is 14.5 Å². The molecule has 0 saturated heterocycles. The van der Waals surface area contributed by atoms with Crippen LogP contribution in [0.3, 0.4) is 0 Å². The highest BCUT2D eigenvalue weighted by molar-refractivity contribution is 7.43. The van der Waals surface area contributed by atoms with Gasteiger partial charge >= 0.3 is 0 Å². The predicted octanol–water partition coefficient (Wildman–Crippen LogP) is 3.31. The van der Waals surface area contributed by atoms with Gasteiger partial charge in [-0.15, -0.1) is 0 Å². The van der Waals surface area contributed by atoms with Crippen LogP contribution in [0.1, 0.15) is 61.3 Å². The summed E-state index contributed by atoms with van der Waals surface area (Å²) in [4.78, 5) is 36.5. The van der Waals surface area contributed by atoms with Crippen molar-refractivity contribution in [1.29, 1.82) is 5.26 Å². The number of imide groups is 1. The lowest BCUT2D eigenvalue weighted by Gasteiger charge is -2.34. The fourth-order valence-corrected chi connectivity index (χ4v) is 4.53. The van der Waals surface area contributed by atoms with E-state index >= 15 is 0 Å². The maximum absolute atomic E-state index is 12.4. The molecule has 1 aliphatic heterocycles. The maximum Gasteiger partial charge on any atom is 0.261 e. The third-order valence-electron chi connectivity index (χ3n) is 4.37. The van der Waals surface area contributed by atoms with Crippen LogP contribution in [-0.2, 0) is 4.52 Å². The number of fused-ring (bicyclic) bond motifs is 1.